The molecule has 0 aliphatic heterocycles. The lowest BCUT2D eigenvalue weighted by molar-refractivity contribution is -0.136. The van der Waals surface area contributed by atoms with Gasteiger partial charge in [0.05, 0.1) is 17.4 Å². The van der Waals surface area contributed by atoms with Crippen molar-refractivity contribution in [2.24, 2.45) is 0 Å². The summed E-state index contributed by atoms with van der Waals surface area (Å²) in [5.74, 6) is -1.05. The molecule has 0 bridgehead atoms. The Hall–Kier alpha value is -1.08. The van der Waals surface area contributed by atoms with Gasteiger partial charge in [0.1, 0.15) is 0 Å². The first-order valence-corrected chi connectivity index (χ1v) is 6.69. The molecule has 88 valence electrons. The minimum atomic E-state index is -0.930. The van der Waals surface area contributed by atoms with Gasteiger partial charge in [0.15, 0.2) is 5.13 Å². The molecule has 0 fully saturated rings. The molecule has 2 N–H and O–H groups in total. The number of hydrogen-bond donors (Lipinski definition) is 2. The molecule has 5 nitrogen and oxygen atoms in total. The lowest BCUT2D eigenvalue weighted by Gasteiger charge is -2.06. The lowest BCUT2D eigenvalue weighted by atomic mass is 10.3. The van der Waals surface area contributed by atoms with Gasteiger partial charge in [0.25, 0.3) is 0 Å². The number of nitrogens with one attached hydrogen (secondary N) is 1. The Bertz CT molecular complexity index is 392. The number of thiazole rings is 1. The highest BCUT2D eigenvalue weighted by Gasteiger charge is 2.13. The highest BCUT2D eigenvalue weighted by molar-refractivity contribution is 7.99. The van der Waals surface area contributed by atoms with Crippen LogP contribution in [0.25, 0.3) is 0 Å². The van der Waals surface area contributed by atoms with E-state index in [9.17, 15) is 9.59 Å². The van der Waals surface area contributed by atoms with Crippen LogP contribution in [0.5, 0.6) is 0 Å². The lowest BCUT2D eigenvalue weighted by Crippen LogP contribution is -2.21. The molecule has 0 spiro atoms. The monoisotopic (exact) mass is 260 g/mol. The van der Waals surface area contributed by atoms with Crippen LogP contribution in [0.2, 0.25) is 0 Å². The van der Waals surface area contributed by atoms with Gasteiger partial charge in [0.2, 0.25) is 5.91 Å². The molecule has 16 heavy (non-hydrogen) atoms. The van der Waals surface area contributed by atoms with E-state index in [4.69, 9.17) is 5.11 Å². The van der Waals surface area contributed by atoms with Crippen LogP contribution in [0, 0.1) is 0 Å². The van der Waals surface area contributed by atoms with Gasteiger partial charge in [-0.15, -0.1) is 11.3 Å². The third kappa shape index (κ3) is 3.82. The maximum absolute atomic E-state index is 11.5. The summed E-state index contributed by atoms with van der Waals surface area (Å²) in [6.45, 7) is 1.80. The van der Waals surface area contributed by atoms with E-state index in [1.54, 1.807) is 12.3 Å². The number of anilines is 1. The fraction of sp³-hybridized carbons (Fsp3) is 0.444. The minimum Gasteiger partial charge on any atom is -0.481 e. The van der Waals surface area contributed by atoms with Crippen LogP contribution in [-0.2, 0) is 16.0 Å². The van der Waals surface area contributed by atoms with Crippen molar-refractivity contribution >= 4 is 40.1 Å². The van der Waals surface area contributed by atoms with Gasteiger partial charge in [-0.05, 0) is 13.2 Å². The van der Waals surface area contributed by atoms with E-state index < -0.39 is 5.97 Å². The van der Waals surface area contributed by atoms with Crippen LogP contribution in [0.4, 0.5) is 5.13 Å². The quantitative estimate of drug-likeness (QED) is 0.838. The van der Waals surface area contributed by atoms with Crippen LogP contribution in [0.3, 0.4) is 0 Å². The topological polar surface area (TPSA) is 79.3 Å². The molecule has 1 atom stereocenters. The molecule has 1 aromatic rings. The number of thioether (sulfide) groups is 1. The van der Waals surface area contributed by atoms with Gasteiger partial charge in [-0.1, -0.05) is 0 Å². The Balaban J connectivity index is 2.58. The molecular formula is C9H12N2O3S2. The number of amides is 1. The number of nitrogens with zero attached hydrogens (tertiary/aromatic N) is 1. The summed E-state index contributed by atoms with van der Waals surface area (Å²) in [4.78, 5) is 25.9. The molecule has 1 heterocycles. The van der Waals surface area contributed by atoms with E-state index in [1.165, 1.54) is 23.1 Å². The van der Waals surface area contributed by atoms with E-state index in [0.717, 1.165) is 0 Å². The molecular weight excluding hydrogens is 248 g/mol. The summed E-state index contributed by atoms with van der Waals surface area (Å²) in [5, 5.41) is 13.1. The average molecular weight is 260 g/mol. The summed E-state index contributed by atoms with van der Waals surface area (Å²) in [5.41, 5.74) is 0.463. The Morgan fingerprint density at radius 1 is 1.69 bits per heavy atom. The van der Waals surface area contributed by atoms with Crippen molar-refractivity contribution in [1.29, 1.82) is 0 Å². The number of hydrogen-bond acceptors (Lipinski definition) is 5. The van der Waals surface area contributed by atoms with Crippen molar-refractivity contribution in [1.82, 2.24) is 4.98 Å². The molecule has 0 aromatic carbocycles. The number of rotatable bonds is 5. The number of carboxylic acids is 1. The van der Waals surface area contributed by atoms with Crippen LogP contribution in [-0.4, -0.2) is 33.5 Å². The zero-order valence-corrected chi connectivity index (χ0v) is 10.5. The Morgan fingerprint density at radius 2 is 2.38 bits per heavy atom. The molecule has 0 aliphatic carbocycles. The minimum absolute atomic E-state index is 0.121. The second-order valence-corrected chi connectivity index (χ2v) is 5.12. The third-order valence-electron chi connectivity index (χ3n) is 1.84. The Labute approximate surface area is 101 Å². The van der Waals surface area contributed by atoms with Crippen molar-refractivity contribution in [3.05, 3.63) is 11.1 Å². The van der Waals surface area contributed by atoms with E-state index in [0.29, 0.717) is 10.8 Å². The van der Waals surface area contributed by atoms with Crippen LogP contribution in [0.15, 0.2) is 5.38 Å². The summed E-state index contributed by atoms with van der Waals surface area (Å²) in [6.07, 6.45) is 1.73. The van der Waals surface area contributed by atoms with Crippen molar-refractivity contribution in [3.8, 4) is 0 Å². The largest absolute Gasteiger partial charge is 0.481 e. The van der Waals surface area contributed by atoms with Gasteiger partial charge in [-0.2, -0.15) is 11.8 Å². The normalized spacial score (nSPS) is 12.1. The van der Waals surface area contributed by atoms with Crippen LogP contribution < -0.4 is 5.32 Å². The fourth-order valence-electron chi connectivity index (χ4n) is 0.915. The van der Waals surface area contributed by atoms with Gasteiger partial charge < -0.3 is 10.4 Å². The Kier molecular flexibility index (Phi) is 4.75. The highest BCUT2D eigenvalue weighted by Crippen LogP contribution is 2.17. The second kappa shape index (κ2) is 5.86. The standard InChI is InChI=1S/C9H12N2O3S2/c1-5(15-2)8(14)11-9-10-6(4-16-9)3-7(12)13/h4-5H,3H2,1-2H3,(H,12,13)(H,10,11,14). The molecule has 0 aliphatic rings. The third-order valence-corrected chi connectivity index (χ3v) is 3.56. The molecule has 0 saturated heterocycles. The molecule has 0 radical (unpaired) electrons. The summed E-state index contributed by atoms with van der Waals surface area (Å²) in [7, 11) is 0. The number of carbonyl (C=O) groups is 2. The first-order chi connectivity index (χ1) is 7.52. The smallest absolute Gasteiger partial charge is 0.309 e. The molecule has 0 saturated carbocycles. The molecule has 1 unspecified atom stereocenters. The van der Waals surface area contributed by atoms with E-state index in [-0.39, 0.29) is 17.6 Å². The summed E-state index contributed by atoms with van der Waals surface area (Å²) < 4.78 is 0. The zero-order chi connectivity index (χ0) is 12.1. The predicted molar refractivity (Wildman–Crippen MR) is 65.1 cm³/mol. The molecule has 1 aromatic heterocycles. The number of aromatic nitrogens is 1. The summed E-state index contributed by atoms with van der Waals surface area (Å²) in [6, 6.07) is 0. The van der Waals surface area contributed by atoms with E-state index in [1.807, 2.05) is 6.26 Å². The average Bonchev–Trinajstić information content (AvgIpc) is 2.63. The maximum Gasteiger partial charge on any atom is 0.309 e. The van der Waals surface area contributed by atoms with Gasteiger partial charge >= 0.3 is 5.97 Å². The molecule has 1 rings (SSSR count). The van der Waals surface area contributed by atoms with Crippen molar-refractivity contribution < 1.29 is 14.7 Å². The predicted octanol–water partition coefficient (Wildman–Crippen LogP) is 1.46. The van der Waals surface area contributed by atoms with Crippen LogP contribution in [0.1, 0.15) is 12.6 Å². The number of aliphatic carboxylic acids is 1. The molecule has 7 heteroatoms. The van der Waals surface area contributed by atoms with Crippen molar-refractivity contribution in [2.45, 2.75) is 18.6 Å². The van der Waals surface area contributed by atoms with Gasteiger partial charge in [-0.25, -0.2) is 4.98 Å². The Morgan fingerprint density at radius 3 is 2.94 bits per heavy atom. The van der Waals surface area contributed by atoms with Crippen molar-refractivity contribution in [3.63, 3.8) is 0 Å². The van der Waals surface area contributed by atoms with Gasteiger partial charge in [0, 0.05) is 5.38 Å². The van der Waals surface area contributed by atoms with E-state index >= 15 is 0 Å². The van der Waals surface area contributed by atoms with Crippen molar-refractivity contribution in [2.75, 3.05) is 11.6 Å². The number of carbonyl (C=O) groups excluding carboxylic acids is 1. The maximum atomic E-state index is 11.5. The zero-order valence-electron chi connectivity index (χ0n) is 8.89. The first-order valence-electron chi connectivity index (χ1n) is 4.52. The fourth-order valence-corrected chi connectivity index (χ4v) is 1.90. The highest BCUT2D eigenvalue weighted by atomic mass is 32.2. The van der Waals surface area contributed by atoms with Gasteiger partial charge in [-0.3, -0.25) is 9.59 Å². The van der Waals surface area contributed by atoms with E-state index in [2.05, 4.69) is 10.3 Å². The summed E-state index contributed by atoms with van der Waals surface area (Å²) >= 11 is 2.67. The molecule has 1 amide bonds. The SMILES string of the molecule is CSC(C)C(=O)Nc1nc(CC(=O)O)cs1. The number of carboxylic acid groups (broad SMARTS) is 1. The second-order valence-electron chi connectivity index (χ2n) is 3.08. The van der Waals surface area contributed by atoms with Crippen LogP contribution >= 0.6 is 23.1 Å². The first kappa shape index (κ1) is 13.0.